The third-order valence-corrected chi connectivity index (χ3v) is 6.53. The van der Waals surface area contributed by atoms with Crippen molar-refractivity contribution in [3.8, 4) is 0 Å². The number of esters is 1. The summed E-state index contributed by atoms with van der Waals surface area (Å²) in [5.41, 5.74) is 2.25. The first-order valence-corrected chi connectivity index (χ1v) is 9.74. The summed E-state index contributed by atoms with van der Waals surface area (Å²) in [4.78, 5) is 18.7. The Kier molecular flexibility index (Phi) is 3.96. The predicted octanol–water partition coefficient (Wildman–Crippen LogP) is 3.04. The molecule has 4 rings (SSSR count). The van der Waals surface area contributed by atoms with Crippen LogP contribution in [-0.4, -0.2) is 38.4 Å². The van der Waals surface area contributed by atoms with Gasteiger partial charge in [0.25, 0.3) is 0 Å². The average molecular weight is 362 g/mol. The summed E-state index contributed by atoms with van der Waals surface area (Å²) < 4.78 is 6.66. The molecule has 0 bridgehead atoms. The van der Waals surface area contributed by atoms with E-state index in [1.807, 2.05) is 11.3 Å². The molecule has 1 aliphatic carbocycles. The molecule has 24 heavy (non-hydrogen) atoms. The zero-order valence-electron chi connectivity index (χ0n) is 13.8. The Labute approximate surface area is 147 Å². The number of aromatic nitrogens is 4. The highest BCUT2D eigenvalue weighted by Gasteiger charge is 2.25. The fourth-order valence-electron chi connectivity index (χ4n) is 3.24. The third kappa shape index (κ3) is 2.48. The summed E-state index contributed by atoms with van der Waals surface area (Å²) >= 11 is 3.12. The fraction of sp³-hybridized carbons (Fsp3) is 0.500. The number of aryl methyl sites for hydroxylation is 2. The smallest absolute Gasteiger partial charge is 0.316 e. The van der Waals surface area contributed by atoms with E-state index in [1.165, 1.54) is 35.7 Å². The van der Waals surface area contributed by atoms with E-state index < -0.39 is 0 Å². The van der Waals surface area contributed by atoms with Crippen LogP contribution >= 0.6 is 23.1 Å². The van der Waals surface area contributed by atoms with E-state index in [-0.39, 0.29) is 11.7 Å². The molecule has 6 nitrogen and oxygen atoms in total. The van der Waals surface area contributed by atoms with Crippen LogP contribution in [0.2, 0.25) is 0 Å². The number of fused-ring (bicyclic) bond motifs is 5. The molecule has 0 amide bonds. The van der Waals surface area contributed by atoms with Gasteiger partial charge in [0.15, 0.2) is 10.8 Å². The van der Waals surface area contributed by atoms with Gasteiger partial charge < -0.3 is 4.74 Å². The van der Waals surface area contributed by atoms with Gasteiger partial charge in [0.05, 0.1) is 18.2 Å². The first kappa shape index (κ1) is 15.8. The SMILES string of the molecule is COC(=O)CSc1nnc2c3c4c(sc3nc(C)n12)CC(C)CC4. The Morgan fingerprint density at radius 1 is 1.46 bits per heavy atom. The van der Waals surface area contributed by atoms with Crippen LogP contribution < -0.4 is 0 Å². The standard InChI is InChI=1S/C16H18N4O2S2/c1-8-4-5-10-11(6-8)24-15-13(10)14-18-19-16(20(14)9(2)17-15)23-7-12(21)22-3/h8H,4-7H2,1-3H3. The van der Waals surface area contributed by atoms with E-state index >= 15 is 0 Å². The summed E-state index contributed by atoms with van der Waals surface area (Å²) in [6.45, 7) is 4.26. The van der Waals surface area contributed by atoms with Crippen molar-refractivity contribution in [3.63, 3.8) is 0 Å². The zero-order valence-corrected chi connectivity index (χ0v) is 15.5. The van der Waals surface area contributed by atoms with E-state index in [0.29, 0.717) is 5.16 Å². The number of hydrogen-bond acceptors (Lipinski definition) is 7. The molecule has 3 aromatic heterocycles. The van der Waals surface area contributed by atoms with Gasteiger partial charge in [0.2, 0.25) is 0 Å². The van der Waals surface area contributed by atoms with Gasteiger partial charge in [-0.25, -0.2) is 4.98 Å². The van der Waals surface area contributed by atoms with Crippen molar-refractivity contribution in [1.82, 2.24) is 19.6 Å². The van der Waals surface area contributed by atoms with Crippen LogP contribution in [-0.2, 0) is 22.4 Å². The molecule has 0 fully saturated rings. The Morgan fingerprint density at radius 2 is 2.29 bits per heavy atom. The van der Waals surface area contributed by atoms with Gasteiger partial charge in [-0.3, -0.25) is 9.20 Å². The topological polar surface area (TPSA) is 69.4 Å². The number of nitrogens with zero attached hydrogens (tertiary/aromatic N) is 4. The molecule has 1 unspecified atom stereocenters. The molecular weight excluding hydrogens is 344 g/mol. The summed E-state index contributed by atoms with van der Waals surface area (Å²) in [5.74, 6) is 1.52. The largest absolute Gasteiger partial charge is 0.468 e. The molecule has 0 aliphatic heterocycles. The molecule has 0 saturated carbocycles. The molecular formula is C16H18N4O2S2. The van der Waals surface area contributed by atoms with Crippen molar-refractivity contribution in [2.75, 3.05) is 12.9 Å². The van der Waals surface area contributed by atoms with Gasteiger partial charge in [0, 0.05) is 4.88 Å². The fourth-order valence-corrected chi connectivity index (χ4v) is 5.48. The van der Waals surface area contributed by atoms with Gasteiger partial charge in [0.1, 0.15) is 10.7 Å². The number of carbonyl (C=O) groups is 1. The maximum Gasteiger partial charge on any atom is 0.316 e. The van der Waals surface area contributed by atoms with Crippen LogP contribution in [0.1, 0.15) is 29.6 Å². The lowest BCUT2D eigenvalue weighted by Crippen LogP contribution is -2.09. The molecule has 3 aromatic rings. The number of thioether (sulfide) groups is 1. The van der Waals surface area contributed by atoms with Gasteiger partial charge >= 0.3 is 5.97 Å². The maximum absolute atomic E-state index is 11.4. The number of thiophene rings is 1. The van der Waals surface area contributed by atoms with Crippen molar-refractivity contribution in [2.45, 2.75) is 38.3 Å². The van der Waals surface area contributed by atoms with E-state index in [4.69, 9.17) is 9.72 Å². The Balaban J connectivity index is 1.86. The second kappa shape index (κ2) is 6.00. The Morgan fingerprint density at radius 3 is 3.08 bits per heavy atom. The first-order chi connectivity index (χ1) is 11.6. The minimum Gasteiger partial charge on any atom is -0.468 e. The molecule has 8 heteroatoms. The highest BCUT2D eigenvalue weighted by atomic mass is 32.2. The number of ether oxygens (including phenoxy) is 1. The molecule has 0 aromatic carbocycles. The second-order valence-electron chi connectivity index (χ2n) is 6.20. The number of methoxy groups -OCH3 is 1. The van der Waals surface area contributed by atoms with Crippen molar-refractivity contribution in [2.24, 2.45) is 5.92 Å². The Bertz CT molecular complexity index is 947. The van der Waals surface area contributed by atoms with Crippen LogP contribution in [0.4, 0.5) is 0 Å². The molecule has 126 valence electrons. The van der Waals surface area contributed by atoms with Crippen LogP contribution in [0.25, 0.3) is 15.9 Å². The Hall–Kier alpha value is -1.67. The monoisotopic (exact) mass is 362 g/mol. The minimum absolute atomic E-state index is 0.216. The van der Waals surface area contributed by atoms with Gasteiger partial charge in [-0.15, -0.1) is 21.5 Å². The highest BCUT2D eigenvalue weighted by Crippen LogP contribution is 2.39. The van der Waals surface area contributed by atoms with Crippen molar-refractivity contribution >= 4 is 44.9 Å². The number of rotatable bonds is 3. The molecule has 0 spiro atoms. The second-order valence-corrected chi connectivity index (χ2v) is 8.22. The minimum atomic E-state index is -0.273. The molecule has 1 aliphatic rings. The molecule has 0 radical (unpaired) electrons. The first-order valence-electron chi connectivity index (χ1n) is 7.94. The third-order valence-electron chi connectivity index (χ3n) is 4.48. The molecule has 1 atom stereocenters. The summed E-state index contributed by atoms with van der Waals surface area (Å²) in [7, 11) is 1.39. The van der Waals surface area contributed by atoms with Crippen LogP contribution in [0.5, 0.6) is 0 Å². The van der Waals surface area contributed by atoms with Crippen molar-refractivity contribution in [1.29, 1.82) is 0 Å². The van der Waals surface area contributed by atoms with Gasteiger partial charge in [-0.2, -0.15) is 0 Å². The van der Waals surface area contributed by atoms with Gasteiger partial charge in [-0.1, -0.05) is 18.7 Å². The lowest BCUT2D eigenvalue weighted by atomic mass is 9.89. The van der Waals surface area contributed by atoms with E-state index in [9.17, 15) is 4.79 Å². The zero-order chi connectivity index (χ0) is 16.8. The molecule has 0 saturated heterocycles. The van der Waals surface area contributed by atoms with Crippen LogP contribution in [0.15, 0.2) is 5.16 Å². The van der Waals surface area contributed by atoms with Crippen molar-refractivity contribution < 1.29 is 9.53 Å². The average Bonchev–Trinajstić information content (AvgIpc) is 3.13. The number of hydrogen-bond donors (Lipinski definition) is 0. The lowest BCUT2D eigenvalue weighted by Gasteiger charge is -2.17. The summed E-state index contributed by atoms with van der Waals surface area (Å²) in [5, 5.41) is 10.5. The quantitative estimate of drug-likeness (QED) is 0.527. The maximum atomic E-state index is 11.4. The van der Waals surface area contributed by atoms with Crippen molar-refractivity contribution in [3.05, 3.63) is 16.3 Å². The van der Waals surface area contributed by atoms with Crippen LogP contribution in [0.3, 0.4) is 0 Å². The molecule has 0 N–H and O–H groups in total. The summed E-state index contributed by atoms with van der Waals surface area (Å²) in [6.07, 6.45) is 3.41. The van der Waals surface area contributed by atoms with E-state index in [2.05, 4.69) is 17.1 Å². The lowest BCUT2D eigenvalue weighted by molar-refractivity contribution is -0.137. The van der Waals surface area contributed by atoms with Gasteiger partial charge in [-0.05, 0) is 37.7 Å². The summed E-state index contributed by atoms with van der Waals surface area (Å²) in [6, 6.07) is 0. The van der Waals surface area contributed by atoms with E-state index in [1.54, 1.807) is 11.3 Å². The van der Waals surface area contributed by atoms with Crippen LogP contribution in [0, 0.1) is 12.8 Å². The number of carbonyl (C=O) groups excluding carboxylic acids is 1. The molecule has 3 heterocycles. The van der Waals surface area contributed by atoms with E-state index in [0.717, 1.165) is 40.4 Å². The highest BCUT2D eigenvalue weighted by molar-refractivity contribution is 7.99. The predicted molar refractivity (Wildman–Crippen MR) is 94.8 cm³/mol. The normalized spacial score (nSPS) is 17.4.